The van der Waals surface area contributed by atoms with Crippen molar-refractivity contribution in [1.29, 1.82) is 0 Å². The Balaban J connectivity index is 4.15. The highest BCUT2D eigenvalue weighted by Gasteiger charge is 2.19. The Labute approximate surface area is 93.8 Å². The SMILES string of the molecule is CCCN(C(=O)COC(C)(C)C)C(C)C. The van der Waals surface area contributed by atoms with Crippen molar-refractivity contribution in [1.82, 2.24) is 4.90 Å². The van der Waals surface area contributed by atoms with E-state index in [-0.39, 0.29) is 24.2 Å². The molecular formula is C12H25NO2. The van der Waals surface area contributed by atoms with Gasteiger partial charge in [0.25, 0.3) is 0 Å². The van der Waals surface area contributed by atoms with Crippen LogP contribution < -0.4 is 0 Å². The maximum Gasteiger partial charge on any atom is 0.248 e. The van der Waals surface area contributed by atoms with Crippen molar-refractivity contribution in [2.45, 2.75) is 59.6 Å². The van der Waals surface area contributed by atoms with Crippen molar-refractivity contribution in [3.63, 3.8) is 0 Å². The molecular weight excluding hydrogens is 190 g/mol. The van der Waals surface area contributed by atoms with Crippen LogP contribution in [0.15, 0.2) is 0 Å². The lowest BCUT2D eigenvalue weighted by Gasteiger charge is -2.28. The molecule has 0 spiro atoms. The Morgan fingerprint density at radius 1 is 1.33 bits per heavy atom. The van der Waals surface area contributed by atoms with Crippen LogP contribution in [-0.4, -0.2) is 35.6 Å². The van der Waals surface area contributed by atoms with Crippen molar-refractivity contribution in [2.24, 2.45) is 0 Å². The smallest absolute Gasteiger partial charge is 0.248 e. The molecule has 0 saturated heterocycles. The van der Waals surface area contributed by atoms with Crippen LogP contribution in [0.4, 0.5) is 0 Å². The lowest BCUT2D eigenvalue weighted by molar-refractivity contribution is -0.142. The van der Waals surface area contributed by atoms with E-state index in [2.05, 4.69) is 6.92 Å². The molecule has 0 aliphatic carbocycles. The topological polar surface area (TPSA) is 29.5 Å². The second kappa shape index (κ2) is 6.11. The van der Waals surface area contributed by atoms with Crippen molar-refractivity contribution < 1.29 is 9.53 Å². The number of ether oxygens (including phenoxy) is 1. The zero-order valence-electron chi connectivity index (χ0n) is 11.0. The van der Waals surface area contributed by atoms with Crippen LogP contribution in [0.25, 0.3) is 0 Å². The molecule has 0 heterocycles. The highest BCUT2D eigenvalue weighted by Crippen LogP contribution is 2.08. The van der Waals surface area contributed by atoms with Crippen LogP contribution in [0.5, 0.6) is 0 Å². The minimum Gasteiger partial charge on any atom is -0.366 e. The van der Waals surface area contributed by atoms with Crippen LogP contribution in [0.3, 0.4) is 0 Å². The van der Waals surface area contributed by atoms with Gasteiger partial charge in [-0.05, 0) is 41.0 Å². The van der Waals surface area contributed by atoms with Gasteiger partial charge < -0.3 is 9.64 Å². The average molecular weight is 215 g/mol. The Bertz CT molecular complexity index is 194. The predicted molar refractivity (Wildman–Crippen MR) is 62.8 cm³/mol. The fourth-order valence-electron chi connectivity index (χ4n) is 1.27. The van der Waals surface area contributed by atoms with E-state index in [1.807, 2.05) is 39.5 Å². The monoisotopic (exact) mass is 215 g/mol. The summed E-state index contributed by atoms with van der Waals surface area (Å²) in [6.07, 6.45) is 0.986. The van der Waals surface area contributed by atoms with Crippen LogP contribution in [-0.2, 0) is 9.53 Å². The molecule has 0 unspecified atom stereocenters. The van der Waals surface area contributed by atoms with E-state index in [1.54, 1.807) is 0 Å². The van der Waals surface area contributed by atoms with Gasteiger partial charge in [0.2, 0.25) is 5.91 Å². The largest absolute Gasteiger partial charge is 0.366 e. The van der Waals surface area contributed by atoms with Crippen LogP contribution >= 0.6 is 0 Å². The molecule has 0 aromatic carbocycles. The van der Waals surface area contributed by atoms with Gasteiger partial charge in [-0.2, -0.15) is 0 Å². The molecule has 0 aliphatic heterocycles. The molecule has 3 heteroatoms. The molecule has 90 valence electrons. The molecule has 0 rings (SSSR count). The number of nitrogens with zero attached hydrogens (tertiary/aromatic N) is 1. The summed E-state index contributed by atoms with van der Waals surface area (Å²) in [6.45, 7) is 13.0. The number of hydrogen-bond acceptors (Lipinski definition) is 2. The molecule has 0 aliphatic rings. The molecule has 0 N–H and O–H groups in total. The third-order valence-corrected chi connectivity index (χ3v) is 2.04. The average Bonchev–Trinajstić information content (AvgIpc) is 2.08. The van der Waals surface area contributed by atoms with Gasteiger partial charge in [-0.1, -0.05) is 6.92 Å². The van der Waals surface area contributed by atoms with E-state index in [9.17, 15) is 4.79 Å². The normalized spacial score (nSPS) is 11.9. The first-order valence-electron chi connectivity index (χ1n) is 5.71. The molecule has 0 aromatic heterocycles. The van der Waals surface area contributed by atoms with Gasteiger partial charge in [-0.3, -0.25) is 4.79 Å². The van der Waals surface area contributed by atoms with Crippen molar-refractivity contribution >= 4 is 5.91 Å². The molecule has 3 nitrogen and oxygen atoms in total. The van der Waals surface area contributed by atoms with Crippen LogP contribution in [0.1, 0.15) is 48.0 Å². The predicted octanol–water partition coefficient (Wildman–Crippen LogP) is 2.45. The van der Waals surface area contributed by atoms with Crippen molar-refractivity contribution in [2.75, 3.05) is 13.2 Å². The first-order valence-corrected chi connectivity index (χ1v) is 5.71. The summed E-state index contributed by atoms with van der Waals surface area (Å²) in [5.41, 5.74) is -0.246. The molecule has 1 amide bonds. The maximum atomic E-state index is 11.8. The summed E-state index contributed by atoms with van der Waals surface area (Å²) in [5.74, 6) is 0.0850. The van der Waals surface area contributed by atoms with E-state index in [0.29, 0.717) is 0 Å². The van der Waals surface area contributed by atoms with E-state index < -0.39 is 0 Å². The van der Waals surface area contributed by atoms with Crippen LogP contribution in [0, 0.1) is 0 Å². The van der Waals surface area contributed by atoms with Gasteiger partial charge in [0.1, 0.15) is 6.61 Å². The molecule has 0 bridgehead atoms. The first-order chi connectivity index (χ1) is 6.78. The standard InChI is InChI=1S/C12H25NO2/c1-7-8-13(10(2)3)11(14)9-15-12(4,5)6/h10H,7-9H2,1-6H3. The fourth-order valence-corrected chi connectivity index (χ4v) is 1.27. The summed E-state index contributed by atoms with van der Waals surface area (Å²) in [7, 11) is 0. The summed E-state index contributed by atoms with van der Waals surface area (Å²) in [6, 6.07) is 0.251. The van der Waals surface area contributed by atoms with E-state index >= 15 is 0 Å². The highest BCUT2D eigenvalue weighted by atomic mass is 16.5. The first kappa shape index (κ1) is 14.4. The van der Waals surface area contributed by atoms with Gasteiger partial charge in [0, 0.05) is 12.6 Å². The number of carbonyl (C=O) groups is 1. The van der Waals surface area contributed by atoms with Gasteiger partial charge in [-0.15, -0.1) is 0 Å². The molecule has 0 radical (unpaired) electrons. The third kappa shape index (κ3) is 6.50. The molecule has 0 aromatic rings. The van der Waals surface area contributed by atoms with Gasteiger partial charge in [0.05, 0.1) is 5.60 Å². The van der Waals surface area contributed by atoms with E-state index in [4.69, 9.17) is 4.74 Å². The maximum absolute atomic E-state index is 11.8. The minimum absolute atomic E-state index is 0.0850. The summed E-state index contributed by atoms with van der Waals surface area (Å²) < 4.78 is 5.48. The molecule has 0 saturated carbocycles. The molecule has 15 heavy (non-hydrogen) atoms. The zero-order valence-corrected chi connectivity index (χ0v) is 11.0. The van der Waals surface area contributed by atoms with Gasteiger partial charge >= 0.3 is 0 Å². The summed E-state index contributed by atoms with van der Waals surface area (Å²) in [5, 5.41) is 0. The second-order valence-electron chi connectivity index (χ2n) is 5.08. The van der Waals surface area contributed by atoms with Crippen molar-refractivity contribution in [3.8, 4) is 0 Å². The summed E-state index contributed by atoms with van der Waals surface area (Å²) in [4.78, 5) is 13.7. The fraction of sp³-hybridized carbons (Fsp3) is 0.917. The lowest BCUT2D eigenvalue weighted by atomic mass is 10.2. The van der Waals surface area contributed by atoms with Crippen molar-refractivity contribution in [3.05, 3.63) is 0 Å². The Hall–Kier alpha value is -0.570. The van der Waals surface area contributed by atoms with Crippen LogP contribution in [0.2, 0.25) is 0 Å². The summed E-state index contributed by atoms with van der Waals surface area (Å²) >= 11 is 0. The number of amides is 1. The lowest BCUT2D eigenvalue weighted by Crippen LogP contribution is -2.41. The quantitative estimate of drug-likeness (QED) is 0.705. The highest BCUT2D eigenvalue weighted by molar-refractivity contribution is 5.77. The number of hydrogen-bond donors (Lipinski definition) is 0. The second-order valence-corrected chi connectivity index (χ2v) is 5.08. The Kier molecular flexibility index (Phi) is 5.88. The third-order valence-electron chi connectivity index (χ3n) is 2.04. The van der Waals surface area contributed by atoms with E-state index in [0.717, 1.165) is 13.0 Å². The minimum atomic E-state index is -0.246. The van der Waals surface area contributed by atoms with Gasteiger partial charge in [0.15, 0.2) is 0 Å². The molecule has 0 atom stereocenters. The number of carbonyl (C=O) groups excluding carboxylic acids is 1. The van der Waals surface area contributed by atoms with E-state index in [1.165, 1.54) is 0 Å². The zero-order chi connectivity index (χ0) is 12.1. The Morgan fingerprint density at radius 3 is 2.20 bits per heavy atom. The number of rotatable bonds is 5. The van der Waals surface area contributed by atoms with Gasteiger partial charge in [-0.25, -0.2) is 0 Å². The molecule has 0 fully saturated rings. The Morgan fingerprint density at radius 2 is 1.87 bits per heavy atom.